The van der Waals surface area contributed by atoms with Crippen molar-refractivity contribution >= 4 is 11.6 Å². The summed E-state index contributed by atoms with van der Waals surface area (Å²) in [4.78, 5) is 18.8. The molecule has 0 spiro atoms. The summed E-state index contributed by atoms with van der Waals surface area (Å²) in [7, 11) is 0. The standard InChI is InChI=1S/C16H14F6N4O2/c1-14(28,16(20,21)22)6-8-9(15(17,18)19)11(7-2-4-25-5-3-7)26-12(10(8)23)13(24)27/h2-5,28H,6,23H2,1H3,(H2,24,27). The van der Waals surface area contributed by atoms with Gasteiger partial charge in [-0.2, -0.15) is 26.3 Å². The van der Waals surface area contributed by atoms with Crippen LogP contribution in [0.2, 0.25) is 0 Å². The van der Waals surface area contributed by atoms with Gasteiger partial charge in [-0.3, -0.25) is 9.78 Å². The number of alkyl halides is 6. The number of anilines is 1. The number of amides is 1. The summed E-state index contributed by atoms with van der Waals surface area (Å²) in [6.45, 7) is 0.295. The van der Waals surface area contributed by atoms with Crippen molar-refractivity contribution in [1.29, 1.82) is 0 Å². The van der Waals surface area contributed by atoms with Crippen LogP contribution in [0.25, 0.3) is 11.3 Å². The van der Waals surface area contributed by atoms with Crippen molar-refractivity contribution in [3.63, 3.8) is 0 Å². The molecule has 0 radical (unpaired) electrons. The number of carbonyl (C=O) groups excluding carboxylic acids is 1. The van der Waals surface area contributed by atoms with E-state index >= 15 is 0 Å². The van der Waals surface area contributed by atoms with Crippen LogP contribution in [0.1, 0.15) is 28.5 Å². The van der Waals surface area contributed by atoms with E-state index < -0.39 is 58.5 Å². The number of halogens is 6. The fourth-order valence-corrected chi connectivity index (χ4v) is 2.49. The van der Waals surface area contributed by atoms with Crippen LogP contribution in [-0.4, -0.2) is 32.8 Å². The smallest absolute Gasteiger partial charge is 0.397 e. The first kappa shape index (κ1) is 21.4. The first-order valence-electron chi connectivity index (χ1n) is 7.55. The first-order valence-corrected chi connectivity index (χ1v) is 7.55. The number of pyridine rings is 2. The van der Waals surface area contributed by atoms with Gasteiger partial charge in [0.05, 0.1) is 16.9 Å². The summed E-state index contributed by atoms with van der Waals surface area (Å²) >= 11 is 0. The largest absolute Gasteiger partial charge is 0.418 e. The van der Waals surface area contributed by atoms with E-state index in [-0.39, 0.29) is 5.56 Å². The Morgan fingerprint density at radius 2 is 1.68 bits per heavy atom. The maximum absolute atomic E-state index is 13.8. The predicted molar refractivity (Wildman–Crippen MR) is 85.8 cm³/mol. The SMILES string of the molecule is CC(O)(Cc1c(N)c(C(N)=O)nc(-c2ccncc2)c1C(F)(F)F)C(F)(F)F. The van der Waals surface area contributed by atoms with Gasteiger partial charge in [0, 0.05) is 24.4 Å². The Kier molecular flexibility index (Phi) is 5.30. The van der Waals surface area contributed by atoms with Crippen molar-refractivity contribution in [3.8, 4) is 11.3 Å². The van der Waals surface area contributed by atoms with E-state index in [1.165, 1.54) is 0 Å². The summed E-state index contributed by atoms with van der Waals surface area (Å²) < 4.78 is 80.6. The lowest BCUT2D eigenvalue weighted by Gasteiger charge is -2.29. The van der Waals surface area contributed by atoms with Crippen LogP contribution in [0, 0.1) is 0 Å². The van der Waals surface area contributed by atoms with E-state index in [2.05, 4.69) is 9.97 Å². The van der Waals surface area contributed by atoms with E-state index in [4.69, 9.17) is 11.5 Å². The highest BCUT2D eigenvalue weighted by Crippen LogP contribution is 2.44. The fraction of sp³-hybridized carbons (Fsp3) is 0.312. The molecule has 1 unspecified atom stereocenters. The molecule has 12 heteroatoms. The quantitative estimate of drug-likeness (QED) is 0.673. The van der Waals surface area contributed by atoms with Crippen molar-refractivity contribution in [2.45, 2.75) is 31.3 Å². The van der Waals surface area contributed by atoms with E-state index in [0.717, 1.165) is 24.5 Å². The van der Waals surface area contributed by atoms with Crippen molar-refractivity contribution in [3.05, 3.63) is 41.3 Å². The molecule has 1 amide bonds. The van der Waals surface area contributed by atoms with Gasteiger partial charge >= 0.3 is 12.4 Å². The number of hydrogen-bond acceptors (Lipinski definition) is 5. The summed E-state index contributed by atoms with van der Waals surface area (Å²) in [6.07, 6.45) is -9.79. The van der Waals surface area contributed by atoms with Crippen molar-refractivity contribution in [2.75, 3.05) is 5.73 Å². The lowest BCUT2D eigenvalue weighted by molar-refractivity contribution is -0.252. The second-order valence-corrected chi connectivity index (χ2v) is 6.12. The fourth-order valence-electron chi connectivity index (χ4n) is 2.49. The molecule has 5 N–H and O–H groups in total. The molecule has 0 saturated carbocycles. The van der Waals surface area contributed by atoms with Crippen molar-refractivity contribution in [2.24, 2.45) is 5.73 Å². The molecule has 0 fully saturated rings. The maximum Gasteiger partial charge on any atom is 0.418 e. The molecule has 2 aromatic heterocycles. The second-order valence-electron chi connectivity index (χ2n) is 6.12. The van der Waals surface area contributed by atoms with Crippen LogP contribution < -0.4 is 11.5 Å². The van der Waals surface area contributed by atoms with Gasteiger partial charge in [-0.1, -0.05) is 0 Å². The zero-order valence-corrected chi connectivity index (χ0v) is 14.2. The van der Waals surface area contributed by atoms with E-state index in [1.54, 1.807) is 0 Å². The maximum atomic E-state index is 13.8. The molecule has 0 aliphatic rings. The second kappa shape index (κ2) is 6.93. The molecular weight excluding hydrogens is 394 g/mol. The van der Waals surface area contributed by atoms with Gasteiger partial charge in [0.1, 0.15) is 0 Å². The van der Waals surface area contributed by atoms with E-state index in [1.807, 2.05) is 0 Å². The number of carbonyl (C=O) groups is 1. The minimum atomic E-state index is -5.27. The number of primary amides is 1. The Morgan fingerprint density at radius 3 is 2.11 bits per heavy atom. The average Bonchev–Trinajstić information content (AvgIpc) is 2.54. The molecular formula is C16H14F6N4O2. The van der Waals surface area contributed by atoms with Gasteiger partial charge < -0.3 is 16.6 Å². The van der Waals surface area contributed by atoms with Crippen LogP contribution in [-0.2, 0) is 12.6 Å². The highest BCUT2D eigenvalue weighted by Gasteiger charge is 2.52. The van der Waals surface area contributed by atoms with Crippen LogP contribution in [0.5, 0.6) is 0 Å². The Bertz CT molecular complexity index is 895. The van der Waals surface area contributed by atoms with Gasteiger partial charge in [0.25, 0.3) is 5.91 Å². The van der Waals surface area contributed by atoms with E-state index in [9.17, 15) is 36.2 Å². The van der Waals surface area contributed by atoms with Gasteiger partial charge in [-0.25, -0.2) is 4.98 Å². The summed E-state index contributed by atoms with van der Waals surface area (Å²) in [5, 5.41) is 9.72. The number of nitrogens with two attached hydrogens (primary N) is 2. The predicted octanol–water partition coefficient (Wildman–Crippen LogP) is 2.70. The molecule has 0 bridgehead atoms. The molecule has 2 rings (SSSR count). The number of aromatic nitrogens is 2. The molecule has 1 atom stereocenters. The van der Waals surface area contributed by atoms with Crippen LogP contribution >= 0.6 is 0 Å². The van der Waals surface area contributed by atoms with Gasteiger partial charge in [0.15, 0.2) is 11.3 Å². The Balaban J connectivity index is 2.92. The Labute approximate surface area is 154 Å². The number of nitrogens with zero attached hydrogens (tertiary/aromatic N) is 2. The number of rotatable bonds is 4. The summed E-state index contributed by atoms with van der Waals surface area (Å²) in [6, 6.07) is 2.23. The molecule has 0 saturated heterocycles. The number of aliphatic hydroxyl groups is 1. The third-order valence-corrected chi connectivity index (χ3v) is 3.94. The van der Waals surface area contributed by atoms with Crippen molar-refractivity contribution < 1.29 is 36.2 Å². The number of hydrogen-bond donors (Lipinski definition) is 3. The normalized spacial score (nSPS) is 14.6. The lowest BCUT2D eigenvalue weighted by Crippen LogP contribution is -2.44. The molecule has 2 heterocycles. The summed E-state index contributed by atoms with van der Waals surface area (Å²) in [5.74, 6) is -1.34. The molecule has 0 aliphatic carbocycles. The average molecular weight is 408 g/mol. The summed E-state index contributed by atoms with van der Waals surface area (Å²) in [5.41, 5.74) is 1.44. The highest BCUT2D eigenvalue weighted by molar-refractivity contribution is 5.98. The van der Waals surface area contributed by atoms with Crippen LogP contribution in [0.15, 0.2) is 24.5 Å². The van der Waals surface area contributed by atoms with Gasteiger partial charge in [0.2, 0.25) is 0 Å². The molecule has 6 nitrogen and oxygen atoms in total. The van der Waals surface area contributed by atoms with Crippen molar-refractivity contribution in [1.82, 2.24) is 9.97 Å². The highest BCUT2D eigenvalue weighted by atomic mass is 19.4. The van der Waals surface area contributed by atoms with Crippen LogP contribution in [0.3, 0.4) is 0 Å². The Hall–Kier alpha value is -2.89. The third kappa shape index (κ3) is 4.01. The molecule has 152 valence electrons. The van der Waals surface area contributed by atoms with Crippen LogP contribution in [0.4, 0.5) is 32.0 Å². The zero-order chi connectivity index (χ0) is 21.5. The molecule has 2 aromatic rings. The van der Waals surface area contributed by atoms with Gasteiger partial charge in [-0.05, 0) is 24.6 Å². The minimum Gasteiger partial charge on any atom is -0.397 e. The molecule has 28 heavy (non-hydrogen) atoms. The van der Waals surface area contributed by atoms with Gasteiger partial charge in [-0.15, -0.1) is 0 Å². The minimum absolute atomic E-state index is 0.183. The first-order chi connectivity index (χ1) is 12.7. The Morgan fingerprint density at radius 1 is 1.14 bits per heavy atom. The monoisotopic (exact) mass is 408 g/mol. The third-order valence-electron chi connectivity index (χ3n) is 3.94. The number of nitrogen functional groups attached to an aromatic ring is 1. The lowest BCUT2D eigenvalue weighted by atomic mass is 9.88. The topological polar surface area (TPSA) is 115 Å². The molecule has 0 aromatic carbocycles. The van der Waals surface area contributed by atoms with E-state index in [0.29, 0.717) is 6.92 Å². The molecule has 0 aliphatic heterocycles. The zero-order valence-electron chi connectivity index (χ0n) is 14.2.